The Kier molecular flexibility index (Phi) is 5.52. The third kappa shape index (κ3) is 4.79. The Hall–Kier alpha value is -0.840. The molecule has 1 N–H and O–H groups in total. The molecule has 0 saturated carbocycles. The van der Waals surface area contributed by atoms with E-state index < -0.39 is 0 Å². The summed E-state index contributed by atoms with van der Waals surface area (Å²) < 4.78 is 5.29. The zero-order valence-electron chi connectivity index (χ0n) is 9.90. The summed E-state index contributed by atoms with van der Waals surface area (Å²) >= 11 is 3.53. The van der Waals surface area contributed by atoms with E-state index in [0.29, 0.717) is 23.4 Å². The first-order chi connectivity index (χ1) is 7.61. The molecule has 16 heavy (non-hydrogen) atoms. The van der Waals surface area contributed by atoms with Crippen LogP contribution in [0.2, 0.25) is 0 Å². The number of nitrogens with one attached hydrogen (secondary N) is 1. The van der Waals surface area contributed by atoms with Crippen molar-refractivity contribution < 1.29 is 4.74 Å². The Morgan fingerprint density at radius 3 is 2.81 bits per heavy atom. The molecule has 0 aliphatic heterocycles. The summed E-state index contributed by atoms with van der Waals surface area (Å²) in [6.07, 6.45) is 4.35. The molecular weight excluding hydrogens is 270 g/mol. The van der Waals surface area contributed by atoms with Crippen LogP contribution in [0.5, 0.6) is 5.88 Å². The Labute approximate surface area is 105 Å². The monoisotopic (exact) mass is 287 g/mol. The maximum absolute atomic E-state index is 5.29. The zero-order chi connectivity index (χ0) is 12.0. The van der Waals surface area contributed by atoms with Crippen molar-refractivity contribution in [3.63, 3.8) is 0 Å². The first-order valence-corrected chi connectivity index (χ1v) is 6.38. The summed E-state index contributed by atoms with van der Waals surface area (Å²) in [4.78, 5) is 8.86. The lowest BCUT2D eigenvalue weighted by molar-refractivity contribution is 0.325. The van der Waals surface area contributed by atoms with Gasteiger partial charge >= 0.3 is 0 Å². The van der Waals surface area contributed by atoms with Gasteiger partial charge < -0.3 is 10.1 Å². The van der Waals surface area contributed by atoms with Crippen molar-refractivity contribution in [2.24, 2.45) is 0 Å². The fraction of sp³-hybridized carbons (Fsp3) is 0.636. The Morgan fingerprint density at radius 1 is 1.44 bits per heavy atom. The van der Waals surface area contributed by atoms with E-state index in [1.165, 1.54) is 0 Å². The van der Waals surface area contributed by atoms with E-state index in [0.717, 1.165) is 12.2 Å². The fourth-order valence-electron chi connectivity index (χ4n) is 1.43. The Balaban J connectivity index is 2.55. The van der Waals surface area contributed by atoms with Crippen molar-refractivity contribution >= 4 is 21.7 Å². The number of rotatable bonds is 6. The predicted octanol–water partition coefficient (Wildman–Crippen LogP) is 2.85. The summed E-state index contributed by atoms with van der Waals surface area (Å²) in [5.41, 5.74) is 0. The molecule has 1 heterocycles. The second-order valence-electron chi connectivity index (χ2n) is 3.74. The largest absolute Gasteiger partial charge is 0.477 e. The van der Waals surface area contributed by atoms with Gasteiger partial charge in [-0.3, -0.25) is 4.98 Å². The molecule has 0 aliphatic rings. The topological polar surface area (TPSA) is 47.0 Å². The van der Waals surface area contributed by atoms with Crippen LogP contribution in [-0.2, 0) is 0 Å². The molecule has 2 atom stereocenters. The highest BCUT2D eigenvalue weighted by atomic mass is 79.9. The molecular formula is C11H18BrN3O. The van der Waals surface area contributed by atoms with Crippen LogP contribution in [0.25, 0.3) is 0 Å². The van der Waals surface area contributed by atoms with Gasteiger partial charge in [-0.25, -0.2) is 0 Å². The summed E-state index contributed by atoms with van der Waals surface area (Å²) in [6.45, 7) is 6.77. The predicted molar refractivity (Wildman–Crippen MR) is 69.3 cm³/mol. The van der Waals surface area contributed by atoms with Gasteiger partial charge in [0.05, 0.1) is 19.0 Å². The second-order valence-corrected chi connectivity index (χ2v) is 5.30. The van der Waals surface area contributed by atoms with Crippen LogP contribution >= 0.6 is 15.9 Å². The van der Waals surface area contributed by atoms with Gasteiger partial charge in [-0.2, -0.15) is 4.98 Å². The molecule has 0 bridgehead atoms. The number of alkyl halides is 1. The van der Waals surface area contributed by atoms with Gasteiger partial charge in [0.1, 0.15) is 5.82 Å². The molecule has 0 radical (unpaired) electrons. The van der Waals surface area contributed by atoms with Crippen molar-refractivity contribution in [2.75, 3.05) is 11.9 Å². The highest BCUT2D eigenvalue weighted by Crippen LogP contribution is 2.13. The molecule has 4 nitrogen and oxygen atoms in total. The second kappa shape index (κ2) is 6.68. The van der Waals surface area contributed by atoms with Gasteiger partial charge in [0, 0.05) is 10.9 Å². The van der Waals surface area contributed by atoms with Gasteiger partial charge in [0.2, 0.25) is 5.88 Å². The Bertz CT molecular complexity index is 320. The molecule has 1 aromatic heterocycles. The molecule has 0 amide bonds. The van der Waals surface area contributed by atoms with Crippen LogP contribution in [-0.4, -0.2) is 27.4 Å². The smallest absolute Gasteiger partial charge is 0.234 e. The summed E-state index contributed by atoms with van der Waals surface area (Å²) in [7, 11) is 0. The molecule has 0 aromatic carbocycles. The van der Waals surface area contributed by atoms with E-state index in [1.54, 1.807) is 12.4 Å². The molecule has 0 saturated heterocycles. The quantitative estimate of drug-likeness (QED) is 0.818. The number of anilines is 1. The van der Waals surface area contributed by atoms with Gasteiger partial charge in [-0.05, 0) is 20.3 Å². The van der Waals surface area contributed by atoms with E-state index in [1.807, 2.05) is 6.92 Å². The van der Waals surface area contributed by atoms with E-state index in [2.05, 4.69) is 45.1 Å². The van der Waals surface area contributed by atoms with Gasteiger partial charge in [-0.15, -0.1) is 0 Å². The van der Waals surface area contributed by atoms with Crippen molar-refractivity contribution in [1.82, 2.24) is 9.97 Å². The SMILES string of the molecule is CCOc1cncc(NC(C)CC(C)Br)n1. The van der Waals surface area contributed by atoms with Crippen molar-refractivity contribution in [3.05, 3.63) is 12.4 Å². The molecule has 0 aliphatic carbocycles. The summed E-state index contributed by atoms with van der Waals surface area (Å²) in [5.74, 6) is 1.32. The first-order valence-electron chi connectivity index (χ1n) is 5.47. The van der Waals surface area contributed by atoms with Gasteiger partial charge in [0.25, 0.3) is 0 Å². The first kappa shape index (κ1) is 13.2. The number of hydrogen-bond acceptors (Lipinski definition) is 4. The maximum Gasteiger partial charge on any atom is 0.234 e. The van der Waals surface area contributed by atoms with Crippen LogP contribution < -0.4 is 10.1 Å². The minimum absolute atomic E-state index is 0.348. The zero-order valence-corrected chi connectivity index (χ0v) is 11.5. The van der Waals surface area contributed by atoms with Crippen LogP contribution in [0, 0.1) is 0 Å². The fourth-order valence-corrected chi connectivity index (χ4v) is 1.99. The van der Waals surface area contributed by atoms with Crippen molar-refractivity contribution in [1.29, 1.82) is 0 Å². The van der Waals surface area contributed by atoms with E-state index in [-0.39, 0.29) is 0 Å². The minimum atomic E-state index is 0.348. The molecule has 0 fully saturated rings. The molecule has 90 valence electrons. The lowest BCUT2D eigenvalue weighted by Gasteiger charge is -2.15. The van der Waals surface area contributed by atoms with E-state index in [9.17, 15) is 0 Å². The normalized spacial score (nSPS) is 14.2. The van der Waals surface area contributed by atoms with Crippen LogP contribution in [0.4, 0.5) is 5.82 Å². The average molecular weight is 288 g/mol. The average Bonchev–Trinajstić information content (AvgIpc) is 2.17. The number of hydrogen-bond donors (Lipinski definition) is 1. The highest BCUT2D eigenvalue weighted by Gasteiger charge is 2.07. The van der Waals surface area contributed by atoms with Gasteiger partial charge in [-0.1, -0.05) is 22.9 Å². The molecule has 5 heteroatoms. The maximum atomic E-state index is 5.29. The lowest BCUT2D eigenvalue weighted by atomic mass is 10.2. The number of halogens is 1. The van der Waals surface area contributed by atoms with E-state index >= 15 is 0 Å². The van der Waals surface area contributed by atoms with Crippen molar-refractivity contribution in [2.45, 2.75) is 38.1 Å². The molecule has 1 rings (SSSR count). The third-order valence-electron chi connectivity index (χ3n) is 1.98. The molecule has 0 spiro atoms. The minimum Gasteiger partial charge on any atom is -0.477 e. The Morgan fingerprint density at radius 2 is 2.19 bits per heavy atom. The molecule has 1 aromatic rings. The van der Waals surface area contributed by atoms with Crippen LogP contribution in [0.15, 0.2) is 12.4 Å². The number of ether oxygens (including phenoxy) is 1. The van der Waals surface area contributed by atoms with Crippen LogP contribution in [0.1, 0.15) is 27.2 Å². The standard InChI is InChI=1S/C11H18BrN3O/c1-4-16-11-7-13-6-10(15-11)14-9(3)5-8(2)12/h6-9H,4-5H2,1-3H3,(H,14,15). The summed E-state index contributed by atoms with van der Waals surface area (Å²) in [6, 6.07) is 0.348. The van der Waals surface area contributed by atoms with Crippen LogP contribution in [0.3, 0.4) is 0 Å². The van der Waals surface area contributed by atoms with E-state index in [4.69, 9.17) is 4.74 Å². The number of nitrogens with zero attached hydrogens (tertiary/aromatic N) is 2. The third-order valence-corrected chi connectivity index (χ3v) is 2.35. The van der Waals surface area contributed by atoms with Crippen molar-refractivity contribution in [3.8, 4) is 5.88 Å². The van der Waals surface area contributed by atoms with Gasteiger partial charge in [0.15, 0.2) is 0 Å². The molecule has 2 unspecified atom stereocenters. The highest BCUT2D eigenvalue weighted by molar-refractivity contribution is 9.09. The summed E-state index contributed by atoms with van der Waals surface area (Å²) in [5, 5.41) is 3.29. The lowest BCUT2D eigenvalue weighted by Crippen LogP contribution is -2.19. The number of aromatic nitrogens is 2.